The molecule has 0 fully saturated rings. The molecular weight excluding hydrogens is 441 g/mol. The highest BCUT2D eigenvalue weighted by Gasteiger charge is 2.38. The Kier molecular flexibility index (Phi) is 5.86. The highest BCUT2D eigenvalue weighted by molar-refractivity contribution is 5.72. The third-order valence-corrected chi connectivity index (χ3v) is 5.66. The van der Waals surface area contributed by atoms with Gasteiger partial charge in [0.1, 0.15) is 23.2 Å². The van der Waals surface area contributed by atoms with E-state index in [0.717, 1.165) is 22.4 Å². The summed E-state index contributed by atoms with van der Waals surface area (Å²) in [5.41, 5.74) is 4.17. The topological polar surface area (TPSA) is 66.4 Å². The van der Waals surface area contributed by atoms with Crippen molar-refractivity contribution in [2.75, 3.05) is 14.1 Å². The van der Waals surface area contributed by atoms with E-state index in [0.29, 0.717) is 17.1 Å². The molecule has 1 aliphatic rings. The van der Waals surface area contributed by atoms with Crippen LogP contribution in [0.2, 0.25) is 0 Å². The fraction of sp³-hybridized carbons (Fsp3) is 0.107. The minimum atomic E-state index is -0.550. The average molecular weight is 464 g/mol. The van der Waals surface area contributed by atoms with Gasteiger partial charge in [0.25, 0.3) is 0 Å². The number of aromatic nitrogens is 2. The molecule has 4 aromatic rings. The third-order valence-electron chi connectivity index (χ3n) is 5.66. The zero-order chi connectivity index (χ0) is 24.4. The molecule has 0 saturated carbocycles. The smallest absolute Gasteiger partial charge is 0.237 e. The second-order valence-corrected chi connectivity index (χ2v) is 8.31. The molecule has 1 aromatic heterocycles. The van der Waals surface area contributed by atoms with Crippen LogP contribution in [0.15, 0.2) is 101 Å². The summed E-state index contributed by atoms with van der Waals surface area (Å²) in [5, 5.41) is 15.2. The van der Waals surface area contributed by atoms with Gasteiger partial charge < -0.3 is 9.64 Å². The number of aliphatic imine (C=N–C) groups is 1. The van der Waals surface area contributed by atoms with E-state index in [-0.39, 0.29) is 11.7 Å². The Morgan fingerprint density at radius 3 is 2.29 bits per heavy atom. The summed E-state index contributed by atoms with van der Waals surface area (Å²) in [6.45, 7) is 0. The summed E-state index contributed by atoms with van der Waals surface area (Å²) in [5.74, 6) is -0.252. The molecule has 35 heavy (non-hydrogen) atoms. The molecule has 3 aromatic carbocycles. The highest BCUT2D eigenvalue weighted by atomic mass is 19.1. The Labute approximate surface area is 202 Å². The van der Waals surface area contributed by atoms with Gasteiger partial charge in [0, 0.05) is 19.7 Å². The van der Waals surface area contributed by atoms with E-state index < -0.39 is 5.92 Å². The van der Waals surface area contributed by atoms with E-state index in [4.69, 9.17) is 9.84 Å². The predicted molar refractivity (Wildman–Crippen MR) is 133 cm³/mol. The first kappa shape index (κ1) is 22.1. The lowest BCUT2D eigenvalue weighted by Gasteiger charge is -2.25. The van der Waals surface area contributed by atoms with Crippen molar-refractivity contribution in [2.45, 2.75) is 5.92 Å². The van der Waals surface area contributed by atoms with E-state index >= 15 is 0 Å². The summed E-state index contributed by atoms with van der Waals surface area (Å²) in [6, 6.07) is 27.9. The number of rotatable bonds is 5. The van der Waals surface area contributed by atoms with Crippen LogP contribution in [0, 0.1) is 17.1 Å². The number of hydrogen-bond donors (Lipinski definition) is 0. The van der Waals surface area contributed by atoms with Crippen LogP contribution in [0.1, 0.15) is 17.0 Å². The fourth-order valence-electron chi connectivity index (χ4n) is 4.11. The van der Waals surface area contributed by atoms with Crippen molar-refractivity contribution in [3.05, 3.63) is 113 Å². The average Bonchev–Trinajstić information content (AvgIpc) is 3.27. The fourth-order valence-corrected chi connectivity index (χ4v) is 4.11. The number of benzene rings is 3. The number of nitrogens with zero attached hydrogens (tertiary/aromatic N) is 5. The van der Waals surface area contributed by atoms with Crippen molar-refractivity contribution in [3.63, 3.8) is 0 Å². The third kappa shape index (κ3) is 4.18. The zero-order valence-corrected chi connectivity index (χ0v) is 19.3. The van der Waals surface area contributed by atoms with Crippen molar-refractivity contribution in [1.29, 1.82) is 5.26 Å². The van der Waals surface area contributed by atoms with Gasteiger partial charge in [0.15, 0.2) is 0 Å². The van der Waals surface area contributed by atoms with Gasteiger partial charge in [-0.3, -0.25) is 0 Å². The van der Waals surface area contributed by atoms with E-state index in [2.05, 4.69) is 11.1 Å². The van der Waals surface area contributed by atoms with E-state index in [1.54, 1.807) is 28.1 Å². The number of allylic oxidation sites excluding steroid dienone is 1. The first-order valence-electron chi connectivity index (χ1n) is 11.1. The van der Waals surface area contributed by atoms with Crippen LogP contribution < -0.4 is 4.74 Å². The van der Waals surface area contributed by atoms with Gasteiger partial charge in [-0.25, -0.2) is 9.38 Å². The summed E-state index contributed by atoms with van der Waals surface area (Å²) in [7, 11) is 3.67. The quantitative estimate of drug-likeness (QED) is 0.288. The number of nitriles is 1. The number of para-hydroxylation sites is 1. The van der Waals surface area contributed by atoms with Crippen LogP contribution >= 0.6 is 0 Å². The molecular formula is C28H22FN5O. The molecule has 0 aliphatic carbocycles. The number of ether oxygens (including phenoxy) is 1. The molecule has 172 valence electrons. The molecule has 0 spiro atoms. The minimum Gasteiger partial charge on any atom is -0.419 e. The van der Waals surface area contributed by atoms with Gasteiger partial charge in [-0.05, 0) is 29.8 Å². The number of hydrogen-bond acceptors (Lipinski definition) is 4. The van der Waals surface area contributed by atoms with Gasteiger partial charge in [-0.2, -0.15) is 15.0 Å². The highest BCUT2D eigenvalue weighted by Crippen LogP contribution is 2.48. The first-order valence-corrected chi connectivity index (χ1v) is 11.1. The number of halogens is 1. The van der Waals surface area contributed by atoms with Crippen LogP contribution in [-0.2, 0) is 0 Å². The lowest BCUT2D eigenvalue weighted by atomic mass is 9.83. The monoisotopic (exact) mass is 463 g/mol. The number of fused-ring (bicyclic) bond motifs is 1. The van der Waals surface area contributed by atoms with Gasteiger partial charge in [-0.15, -0.1) is 0 Å². The van der Waals surface area contributed by atoms with Gasteiger partial charge in [0.05, 0.1) is 23.5 Å². The maximum absolute atomic E-state index is 13.8. The molecule has 5 rings (SSSR count). The Morgan fingerprint density at radius 2 is 1.66 bits per heavy atom. The summed E-state index contributed by atoms with van der Waals surface area (Å²) in [6.07, 6.45) is 1.58. The van der Waals surface area contributed by atoms with Gasteiger partial charge in [-0.1, -0.05) is 60.7 Å². The normalized spacial score (nSPS) is 15.0. The van der Waals surface area contributed by atoms with Crippen molar-refractivity contribution in [1.82, 2.24) is 14.7 Å². The summed E-state index contributed by atoms with van der Waals surface area (Å²) in [4.78, 5) is 6.23. The van der Waals surface area contributed by atoms with Crippen molar-refractivity contribution in [3.8, 4) is 28.9 Å². The minimum absolute atomic E-state index is 0.180. The Balaban J connectivity index is 1.83. The van der Waals surface area contributed by atoms with Crippen LogP contribution in [0.3, 0.4) is 0 Å². The summed E-state index contributed by atoms with van der Waals surface area (Å²) < 4.78 is 21.9. The van der Waals surface area contributed by atoms with E-state index in [1.807, 2.05) is 74.8 Å². The van der Waals surface area contributed by atoms with Crippen LogP contribution in [0.4, 0.5) is 4.39 Å². The standard InChI is InChI=1S/C28H22FN5O/c1-33(2)18-31-27-23(17-30)24(19-13-15-21(29)16-14-19)25-26(20-9-5-3-6-10-20)32-34(28(25)35-27)22-11-7-4-8-12-22/h3-16,18,24H,1-2H3. The molecule has 0 radical (unpaired) electrons. The zero-order valence-electron chi connectivity index (χ0n) is 19.3. The Bertz CT molecular complexity index is 1450. The molecule has 2 heterocycles. The maximum atomic E-state index is 13.8. The van der Waals surface area contributed by atoms with Crippen molar-refractivity contribution in [2.24, 2.45) is 4.99 Å². The van der Waals surface area contributed by atoms with Gasteiger partial charge >= 0.3 is 0 Å². The van der Waals surface area contributed by atoms with Crippen molar-refractivity contribution >= 4 is 6.34 Å². The predicted octanol–water partition coefficient (Wildman–Crippen LogP) is 5.53. The van der Waals surface area contributed by atoms with E-state index in [1.165, 1.54) is 12.1 Å². The van der Waals surface area contributed by atoms with Crippen LogP contribution in [-0.4, -0.2) is 35.1 Å². The molecule has 1 atom stereocenters. The molecule has 6 nitrogen and oxygen atoms in total. The maximum Gasteiger partial charge on any atom is 0.237 e. The van der Waals surface area contributed by atoms with Crippen LogP contribution in [0.25, 0.3) is 16.9 Å². The molecule has 1 aliphatic heterocycles. The molecule has 7 heteroatoms. The van der Waals surface area contributed by atoms with Gasteiger partial charge in [0.2, 0.25) is 11.8 Å². The Hall–Kier alpha value is -4.70. The SMILES string of the molecule is CN(C)C=NC1=C(C#N)C(c2ccc(F)cc2)c2c(-c3ccccc3)nn(-c3ccccc3)c2O1. The molecule has 0 saturated heterocycles. The Morgan fingerprint density at radius 1 is 1.00 bits per heavy atom. The summed E-state index contributed by atoms with van der Waals surface area (Å²) >= 11 is 0. The molecule has 0 N–H and O–H groups in total. The lowest BCUT2D eigenvalue weighted by Crippen LogP contribution is -2.18. The second kappa shape index (κ2) is 9.27. The molecule has 0 amide bonds. The van der Waals surface area contributed by atoms with Crippen molar-refractivity contribution < 1.29 is 9.13 Å². The van der Waals surface area contributed by atoms with Crippen LogP contribution in [0.5, 0.6) is 5.88 Å². The lowest BCUT2D eigenvalue weighted by molar-refractivity contribution is 0.367. The van der Waals surface area contributed by atoms with E-state index in [9.17, 15) is 9.65 Å². The largest absolute Gasteiger partial charge is 0.419 e. The second-order valence-electron chi connectivity index (χ2n) is 8.31. The first-order chi connectivity index (χ1) is 17.1. The molecule has 0 bridgehead atoms. The molecule has 1 unspecified atom stereocenters.